The number of rotatable bonds is 3. The van der Waals surface area contributed by atoms with Crippen LogP contribution in [-0.4, -0.2) is 4.98 Å². The van der Waals surface area contributed by atoms with E-state index in [0.717, 1.165) is 11.1 Å². The number of oxazole rings is 1. The SMILES string of the molecule is C=C(C)/C=C\C(=C)c1cnco1. The maximum atomic E-state index is 5.04. The first-order valence-corrected chi connectivity index (χ1v) is 3.61. The van der Waals surface area contributed by atoms with Gasteiger partial charge in [0.15, 0.2) is 12.2 Å². The molecule has 12 heavy (non-hydrogen) atoms. The van der Waals surface area contributed by atoms with Crippen LogP contribution in [-0.2, 0) is 0 Å². The minimum Gasteiger partial charge on any atom is -0.444 e. The first-order chi connectivity index (χ1) is 5.70. The summed E-state index contributed by atoms with van der Waals surface area (Å²) in [5.74, 6) is 0.688. The van der Waals surface area contributed by atoms with E-state index in [0.29, 0.717) is 5.76 Å². The summed E-state index contributed by atoms with van der Waals surface area (Å²) in [6.07, 6.45) is 6.74. The lowest BCUT2D eigenvalue weighted by Gasteiger charge is -1.91. The molecule has 0 unspecified atom stereocenters. The minimum atomic E-state index is 0.688. The summed E-state index contributed by atoms with van der Waals surface area (Å²) < 4.78 is 5.04. The van der Waals surface area contributed by atoms with E-state index in [9.17, 15) is 0 Å². The summed E-state index contributed by atoms with van der Waals surface area (Å²) in [6.45, 7) is 9.46. The Morgan fingerprint density at radius 1 is 1.50 bits per heavy atom. The van der Waals surface area contributed by atoms with Gasteiger partial charge in [-0.25, -0.2) is 4.98 Å². The Labute approximate surface area is 71.9 Å². The van der Waals surface area contributed by atoms with Gasteiger partial charge in [0.25, 0.3) is 0 Å². The third kappa shape index (κ3) is 2.23. The molecule has 0 aromatic carbocycles. The van der Waals surface area contributed by atoms with Gasteiger partial charge in [-0.15, -0.1) is 0 Å². The van der Waals surface area contributed by atoms with Gasteiger partial charge in [0, 0.05) is 5.57 Å². The molecule has 0 radical (unpaired) electrons. The van der Waals surface area contributed by atoms with E-state index in [1.807, 2.05) is 19.1 Å². The summed E-state index contributed by atoms with van der Waals surface area (Å²) in [6, 6.07) is 0. The van der Waals surface area contributed by atoms with E-state index in [-0.39, 0.29) is 0 Å². The number of nitrogens with zero attached hydrogens (tertiary/aromatic N) is 1. The lowest BCUT2D eigenvalue weighted by molar-refractivity contribution is 0.546. The average molecular weight is 161 g/mol. The van der Waals surface area contributed by atoms with Gasteiger partial charge in [-0.2, -0.15) is 0 Å². The maximum absolute atomic E-state index is 5.04. The summed E-state index contributed by atoms with van der Waals surface area (Å²) in [7, 11) is 0. The van der Waals surface area contributed by atoms with Crippen LogP contribution < -0.4 is 0 Å². The van der Waals surface area contributed by atoms with Crippen LogP contribution in [0.1, 0.15) is 12.7 Å². The van der Waals surface area contributed by atoms with Crippen molar-refractivity contribution in [2.24, 2.45) is 0 Å². The summed E-state index contributed by atoms with van der Waals surface area (Å²) in [5, 5.41) is 0. The second-order valence-electron chi connectivity index (χ2n) is 2.57. The van der Waals surface area contributed by atoms with Gasteiger partial charge in [-0.05, 0) is 6.92 Å². The highest BCUT2D eigenvalue weighted by atomic mass is 16.3. The molecule has 0 saturated heterocycles. The van der Waals surface area contributed by atoms with Crippen LogP contribution in [0.4, 0.5) is 0 Å². The van der Waals surface area contributed by atoms with Crippen molar-refractivity contribution in [3.05, 3.63) is 49.2 Å². The first kappa shape index (κ1) is 8.53. The molecule has 0 aliphatic heterocycles. The second kappa shape index (κ2) is 3.72. The van der Waals surface area contributed by atoms with Gasteiger partial charge in [0.2, 0.25) is 0 Å². The fourth-order valence-electron chi connectivity index (χ4n) is 0.699. The molecular formula is C10H11NO. The predicted molar refractivity (Wildman–Crippen MR) is 49.5 cm³/mol. The predicted octanol–water partition coefficient (Wildman–Crippen LogP) is 2.82. The molecule has 1 aromatic heterocycles. The smallest absolute Gasteiger partial charge is 0.181 e. The molecule has 0 N–H and O–H groups in total. The van der Waals surface area contributed by atoms with Crippen molar-refractivity contribution in [3.63, 3.8) is 0 Å². The highest BCUT2D eigenvalue weighted by Crippen LogP contribution is 2.12. The fourth-order valence-corrected chi connectivity index (χ4v) is 0.699. The Balaban J connectivity index is 2.68. The van der Waals surface area contributed by atoms with Crippen LogP contribution in [0.15, 0.2) is 47.9 Å². The van der Waals surface area contributed by atoms with E-state index in [1.165, 1.54) is 6.39 Å². The molecule has 0 saturated carbocycles. The lowest BCUT2D eigenvalue weighted by Crippen LogP contribution is -1.72. The average Bonchev–Trinajstić information content (AvgIpc) is 2.51. The van der Waals surface area contributed by atoms with E-state index >= 15 is 0 Å². The van der Waals surface area contributed by atoms with Crippen molar-refractivity contribution in [1.29, 1.82) is 0 Å². The van der Waals surface area contributed by atoms with Crippen LogP contribution in [0.3, 0.4) is 0 Å². The Kier molecular flexibility index (Phi) is 2.64. The normalized spacial score (nSPS) is 10.4. The van der Waals surface area contributed by atoms with Crippen molar-refractivity contribution < 1.29 is 4.42 Å². The van der Waals surface area contributed by atoms with Gasteiger partial charge >= 0.3 is 0 Å². The minimum absolute atomic E-state index is 0.688. The largest absolute Gasteiger partial charge is 0.444 e. The third-order valence-electron chi connectivity index (χ3n) is 1.32. The van der Waals surface area contributed by atoms with E-state index in [2.05, 4.69) is 18.1 Å². The Morgan fingerprint density at radius 3 is 2.75 bits per heavy atom. The molecular weight excluding hydrogens is 150 g/mol. The maximum Gasteiger partial charge on any atom is 0.181 e. The zero-order valence-electron chi connectivity index (χ0n) is 7.08. The first-order valence-electron chi connectivity index (χ1n) is 3.61. The highest BCUT2D eigenvalue weighted by molar-refractivity contribution is 5.68. The molecule has 2 heteroatoms. The van der Waals surface area contributed by atoms with Crippen molar-refractivity contribution in [2.75, 3.05) is 0 Å². The number of allylic oxidation sites excluding steroid dienone is 4. The summed E-state index contributed by atoms with van der Waals surface area (Å²) in [5.41, 5.74) is 1.78. The van der Waals surface area contributed by atoms with Gasteiger partial charge in [0.05, 0.1) is 6.20 Å². The Morgan fingerprint density at radius 2 is 2.25 bits per heavy atom. The van der Waals surface area contributed by atoms with Crippen molar-refractivity contribution in [2.45, 2.75) is 6.92 Å². The Hall–Kier alpha value is -1.57. The molecule has 1 heterocycles. The Bertz CT molecular complexity index is 307. The molecule has 1 aromatic rings. The molecule has 0 aliphatic rings. The molecule has 0 spiro atoms. The summed E-state index contributed by atoms with van der Waals surface area (Å²) in [4.78, 5) is 3.79. The van der Waals surface area contributed by atoms with E-state index in [1.54, 1.807) is 6.20 Å². The molecule has 0 amide bonds. The molecule has 0 fully saturated rings. The van der Waals surface area contributed by atoms with Crippen LogP contribution in [0.2, 0.25) is 0 Å². The standard InChI is InChI=1S/C10H11NO/c1-8(2)4-5-9(3)10-6-11-7-12-10/h4-7H,1,3H2,2H3/b5-4-. The van der Waals surface area contributed by atoms with Gasteiger partial charge in [-0.1, -0.05) is 30.9 Å². The molecule has 62 valence electrons. The lowest BCUT2D eigenvalue weighted by atomic mass is 10.2. The molecule has 0 bridgehead atoms. The third-order valence-corrected chi connectivity index (χ3v) is 1.32. The molecule has 1 rings (SSSR count). The van der Waals surface area contributed by atoms with Crippen molar-refractivity contribution >= 4 is 5.57 Å². The topological polar surface area (TPSA) is 26.0 Å². The van der Waals surface area contributed by atoms with Crippen LogP contribution in [0.25, 0.3) is 5.57 Å². The number of aromatic nitrogens is 1. The van der Waals surface area contributed by atoms with E-state index < -0.39 is 0 Å². The monoisotopic (exact) mass is 161 g/mol. The number of hydrogen-bond acceptors (Lipinski definition) is 2. The molecule has 2 nitrogen and oxygen atoms in total. The quantitative estimate of drug-likeness (QED) is 0.637. The molecule has 0 atom stereocenters. The van der Waals surface area contributed by atoms with Crippen molar-refractivity contribution in [3.8, 4) is 0 Å². The van der Waals surface area contributed by atoms with Gasteiger partial charge < -0.3 is 4.42 Å². The zero-order chi connectivity index (χ0) is 8.97. The van der Waals surface area contributed by atoms with Crippen molar-refractivity contribution in [1.82, 2.24) is 4.98 Å². The highest BCUT2D eigenvalue weighted by Gasteiger charge is 1.96. The van der Waals surface area contributed by atoms with Crippen LogP contribution in [0.5, 0.6) is 0 Å². The van der Waals surface area contributed by atoms with E-state index in [4.69, 9.17) is 4.42 Å². The fraction of sp³-hybridized carbons (Fsp3) is 0.100. The van der Waals surface area contributed by atoms with Crippen LogP contribution in [0, 0.1) is 0 Å². The van der Waals surface area contributed by atoms with Gasteiger partial charge in [-0.3, -0.25) is 0 Å². The van der Waals surface area contributed by atoms with Crippen LogP contribution >= 0.6 is 0 Å². The summed E-state index contributed by atoms with van der Waals surface area (Å²) >= 11 is 0. The number of hydrogen-bond donors (Lipinski definition) is 0. The zero-order valence-corrected chi connectivity index (χ0v) is 7.08. The molecule has 0 aliphatic carbocycles. The second-order valence-corrected chi connectivity index (χ2v) is 2.57. The van der Waals surface area contributed by atoms with Gasteiger partial charge in [0.1, 0.15) is 0 Å².